The van der Waals surface area contributed by atoms with Crippen LogP contribution in [-0.2, 0) is 0 Å². The van der Waals surface area contributed by atoms with Gasteiger partial charge in [-0.15, -0.1) is 0 Å². The minimum absolute atomic E-state index is 0.667. The predicted octanol–water partition coefficient (Wildman–Crippen LogP) is 1.28. The Bertz CT molecular complexity index is 169. The van der Waals surface area contributed by atoms with E-state index < -0.39 is 6.23 Å². The van der Waals surface area contributed by atoms with E-state index >= 15 is 0 Å². The van der Waals surface area contributed by atoms with E-state index in [1.54, 1.807) is 0 Å². The molecule has 0 aliphatic heterocycles. The summed E-state index contributed by atoms with van der Waals surface area (Å²) in [6, 6.07) is 10.3. The van der Waals surface area contributed by atoms with E-state index in [4.69, 9.17) is 5.11 Å². The van der Waals surface area contributed by atoms with E-state index in [0.717, 1.165) is 0 Å². The Kier molecular flexibility index (Phi) is 5.43. The summed E-state index contributed by atoms with van der Waals surface area (Å²) in [7, 11) is 0. The summed E-state index contributed by atoms with van der Waals surface area (Å²) in [6.07, 6.45) is -0.667. The summed E-state index contributed by atoms with van der Waals surface area (Å²) in [5, 5.41) is 7.83. The molecule has 2 heteroatoms. The second kappa shape index (κ2) is 5.89. The molecule has 0 bridgehead atoms. The van der Waals surface area contributed by atoms with Gasteiger partial charge in [-0.05, 0) is 13.8 Å². The van der Waals surface area contributed by atoms with Crippen molar-refractivity contribution in [3.05, 3.63) is 35.9 Å². The van der Waals surface area contributed by atoms with Gasteiger partial charge in [0.25, 0.3) is 0 Å². The highest BCUT2D eigenvalue weighted by molar-refractivity contribution is 5.11. The zero-order valence-electron chi connectivity index (χ0n) is 6.99. The van der Waals surface area contributed by atoms with E-state index in [1.165, 1.54) is 12.5 Å². The van der Waals surface area contributed by atoms with E-state index in [1.807, 2.05) is 18.2 Å². The van der Waals surface area contributed by atoms with Crippen LogP contribution in [0.25, 0.3) is 0 Å². The Labute approximate surface area is 67.7 Å². The van der Waals surface area contributed by atoms with E-state index in [2.05, 4.69) is 24.8 Å². The summed E-state index contributed by atoms with van der Waals surface area (Å²) in [5.41, 5.74) is 5.99. The fraction of sp³-hybridized carbons (Fsp3) is 0.333. The summed E-state index contributed by atoms with van der Waals surface area (Å²) in [6.45, 7) is 3.58. The standard InChI is InChI=1S/C7H8.C2H7NO/c1-7-5-3-2-4-6-7;1-2(3)4/h2-6H,1H3;2,4H,3H2,1H3. The number of benzene rings is 1. The Morgan fingerprint density at radius 3 is 1.82 bits per heavy atom. The van der Waals surface area contributed by atoms with Crippen LogP contribution in [0.1, 0.15) is 12.5 Å². The molecule has 11 heavy (non-hydrogen) atoms. The quantitative estimate of drug-likeness (QED) is 0.551. The molecule has 0 amide bonds. The van der Waals surface area contributed by atoms with Crippen molar-refractivity contribution in [1.82, 2.24) is 0 Å². The van der Waals surface area contributed by atoms with Gasteiger partial charge in [-0.2, -0.15) is 0 Å². The smallest absolute Gasteiger partial charge is 0.0991 e. The molecule has 2 nitrogen and oxygen atoms in total. The van der Waals surface area contributed by atoms with Crippen LogP contribution in [0.2, 0.25) is 0 Å². The van der Waals surface area contributed by atoms with Crippen LogP contribution < -0.4 is 5.73 Å². The predicted molar refractivity (Wildman–Crippen MR) is 47.0 cm³/mol. The number of aliphatic hydroxyl groups is 1. The first kappa shape index (κ1) is 10.1. The topological polar surface area (TPSA) is 46.2 Å². The van der Waals surface area contributed by atoms with E-state index in [-0.39, 0.29) is 0 Å². The molecule has 1 aromatic carbocycles. The SMILES string of the molecule is CC(N)O.Cc1ccccc1. The van der Waals surface area contributed by atoms with Crippen molar-refractivity contribution in [1.29, 1.82) is 0 Å². The van der Waals surface area contributed by atoms with Gasteiger partial charge in [0.2, 0.25) is 0 Å². The highest BCUT2D eigenvalue weighted by Gasteiger charge is 1.72. The molecular formula is C9H15NO. The number of nitrogens with two attached hydrogens (primary N) is 1. The summed E-state index contributed by atoms with van der Waals surface area (Å²) in [4.78, 5) is 0. The molecule has 0 radical (unpaired) electrons. The molecule has 1 unspecified atom stereocenters. The van der Waals surface area contributed by atoms with Gasteiger partial charge in [0, 0.05) is 0 Å². The van der Waals surface area contributed by atoms with E-state index in [0.29, 0.717) is 0 Å². The van der Waals surface area contributed by atoms with Crippen LogP contribution >= 0.6 is 0 Å². The molecule has 0 saturated carbocycles. The molecule has 0 saturated heterocycles. The lowest BCUT2D eigenvalue weighted by atomic mass is 10.2. The minimum Gasteiger partial charge on any atom is -0.379 e. The molecule has 0 aliphatic carbocycles. The van der Waals surface area contributed by atoms with Gasteiger partial charge in [-0.1, -0.05) is 35.9 Å². The van der Waals surface area contributed by atoms with Gasteiger partial charge in [0.15, 0.2) is 0 Å². The molecule has 1 rings (SSSR count). The normalized spacial score (nSPS) is 11.3. The van der Waals surface area contributed by atoms with Crippen LogP contribution in [-0.4, -0.2) is 11.3 Å². The largest absolute Gasteiger partial charge is 0.379 e. The molecule has 1 atom stereocenters. The molecular weight excluding hydrogens is 138 g/mol. The molecule has 0 heterocycles. The zero-order valence-corrected chi connectivity index (χ0v) is 6.99. The Morgan fingerprint density at radius 2 is 1.64 bits per heavy atom. The van der Waals surface area contributed by atoms with Crippen LogP contribution in [0.5, 0.6) is 0 Å². The van der Waals surface area contributed by atoms with Gasteiger partial charge in [0.05, 0.1) is 6.23 Å². The van der Waals surface area contributed by atoms with Crippen molar-refractivity contribution in [2.45, 2.75) is 20.1 Å². The second-order valence-corrected chi connectivity index (χ2v) is 2.40. The third kappa shape index (κ3) is 9.14. The molecule has 1 aromatic rings. The molecule has 62 valence electrons. The van der Waals surface area contributed by atoms with Gasteiger partial charge in [-0.3, -0.25) is 0 Å². The number of rotatable bonds is 0. The van der Waals surface area contributed by atoms with Crippen LogP contribution in [0.3, 0.4) is 0 Å². The minimum atomic E-state index is -0.667. The third-order valence-electron chi connectivity index (χ3n) is 0.940. The molecule has 0 spiro atoms. The number of hydrogen-bond donors (Lipinski definition) is 2. The van der Waals surface area contributed by atoms with Gasteiger partial charge in [0.1, 0.15) is 0 Å². The lowest BCUT2D eigenvalue weighted by molar-refractivity contribution is 0.203. The summed E-state index contributed by atoms with van der Waals surface area (Å²) < 4.78 is 0. The highest BCUT2D eigenvalue weighted by atomic mass is 16.3. The number of aryl methyl sites for hydroxylation is 1. The summed E-state index contributed by atoms with van der Waals surface area (Å²) in [5.74, 6) is 0. The lowest BCUT2D eigenvalue weighted by Gasteiger charge is -1.82. The first-order valence-electron chi connectivity index (χ1n) is 3.58. The van der Waals surface area contributed by atoms with Crippen molar-refractivity contribution in [3.63, 3.8) is 0 Å². The molecule has 0 fully saturated rings. The van der Waals surface area contributed by atoms with Gasteiger partial charge < -0.3 is 10.8 Å². The highest BCUT2D eigenvalue weighted by Crippen LogP contribution is 1.92. The average Bonchev–Trinajstić information content (AvgIpc) is 1.87. The molecule has 0 aromatic heterocycles. The summed E-state index contributed by atoms with van der Waals surface area (Å²) >= 11 is 0. The first-order chi connectivity index (χ1) is 5.13. The third-order valence-corrected chi connectivity index (χ3v) is 0.940. The monoisotopic (exact) mass is 153 g/mol. The van der Waals surface area contributed by atoms with Crippen LogP contribution in [0.4, 0.5) is 0 Å². The van der Waals surface area contributed by atoms with Gasteiger partial charge in [-0.25, -0.2) is 0 Å². The fourth-order valence-corrected chi connectivity index (χ4v) is 0.534. The maximum absolute atomic E-state index is 7.83. The van der Waals surface area contributed by atoms with Crippen molar-refractivity contribution >= 4 is 0 Å². The van der Waals surface area contributed by atoms with Crippen molar-refractivity contribution in [2.75, 3.05) is 0 Å². The molecule has 0 aliphatic rings. The Morgan fingerprint density at radius 1 is 1.27 bits per heavy atom. The maximum Gasteiger partial charge on any atom is 0.0991 e. The van der Waals surface area contributed by atoms with E-state index in [9.17, 15) is 0 Å². The fourth-order valence-electron chi connectivity index (χ4n) is 0.534. The number of aliphatic hydroxyl groups excluding tert-OH is 1. The Hall–Kier alpha value is -0.860. The first-order valence-corrected chi connectivity index (χ1v) is 3.58. The average molecular weight is 153 g/mol. The van der Waals surface area contributed by atoms with Crippen LogP contribution in [0.15, 0.2) is 30.3 Å². The second-order valence-electron chi connectivity index (χ2n) is 2.40. The van der Waals surface area contributed by atoms with Crippen LogP contribution in [0, 0.1) is 6.92 Å². The van der Waals surface area contributed by atoms with Crippen molar-refractivity contribution in [3.8, 4) is 0 Å². The maximum atomic E-state index is 7.83. The zero-order chi connectivity index (χ0) is 8.69. The lowest BCUT2D eigenvalue weighted by Crippen LogP contribution is -2.11. The van der Waals surface area contributed by atoms with Crippen molar-refractivity contribution in [2.24, 2.45) is 5.73 Å². The molecule has 3 N–H and O–H groups in total. The van der Waals surface area contributed by atoms with Gasteiger partial charge >= 0.3 is 0 Å². The number of hydrogen-bond acceptors (Lipinski definition) is 2. The Balaban J connectivity index is 0.000000218. The van der Waals surface area contributed by atoms with Crippen molar-refractivity contribution < 1.29 is 5.11 Å².